The fourth-order valence-corrected chi connectivity index (χ4v) is 1.14. The molecule has 0 unspecified atom stereocenters. The molecule has 0 amide bonds. The summed E-state index contributed by atoms with van der Waals surface area (Å²) in [6.07, 6.45) is -9.09. The van der Waals surface area contributed by atoms with Gasteiger partial charge in [-0.25, -0.2) is 0 Å². The molecule has 0 heterocycles. The molecular formula is C11H9F6O2. The van der Waals surface area contributed by atoms with Gasteiger partial charge < -0.3 is 9.47 Å². The van der Waals surface area contributed by atoms with Gasteiger partial charge in [0.05, 0.1) is 0 Å². The fourth-order valence-electron chi connectivity index (χ4n) is 1.14. The monoisotopic (exact) mass is 287 g/mol. The Kier molecular flexibility index (Phi) is 4.54. The van der Waals surface area contributed by atoms with Gasteiger partial charge in [0.2, 0.25) is 0 Å². The van der Waals surface area contributed by atoms with Gasteiger partial charge in [-0.2, -0.15) is 26.3 Å². The highest BCUT2D eigenvalue weighted by Gasteiger charge is 2.30. The van der Waals surface area contributed by atoms with Crippen LogP contribution in [0.25, 0.3) is 0 Å². The molecule has 0 aliphatic rings. The number of benzene rings is 1. The highest BCUT2D eigenvalue weighted by Crippen LogP contribution is 2.30. The number of rotatable bonds is 4. The summed E-state index contributed by atoms with van der Waals surface area (Å²) in [6.45, 7) is 0.223. The summed E-state index contributed by atoms with van der Waals surface area (Å²) in [6, 6.07) is 3.54. The minimum Gasteiger partial charge on any atom is -0.484 e. The van der Waals surface area contributed by atoms with Gasteiger partial charge in [-0.15, -0.1) is 0 Å². The van der Waals surface area contributed by atoms with Crippen LogP contribution in [-0.2, 0) is 0 Å². The Hall–Kier alpha value is -1.60. The number of alkyl halides is 6. The summed E-state index contributed by atoms with van der Waals surface area (Å²) in [5.74, 6) is -0.561. The number of ether oxygens (including phenoxy) is 2. The molecule has 0 bridgehead atoms. The maximum absolute atomic E-state index is 12.0. The Morgan fingerprint density at radius 1 is 0.842 bits per heavy atom. The van der Waals surface area contributed by atoms with Crippen LogP contribution in [0, 0.1) is 6.92 Å². The standard InChI is InChI=1S/C11H9F6O2/c1-7-8(18-5-10(12,13)14)3-2-4-9(7)19-6-11(15,16)17/h2-4H,1,5-6H2. The van der Waals surface area contributed by atoms with E-state index in [-0.39, 0.29) is 17.1 Å². The van der Waals surface area contributed by atoms with Crippen LogP contribution >= 0.6 is 0 Å². The largest absolute Gasteiger partial charge is 0.484 e. The predicted molar refractivity (Wildman–Crippen MR) is 54.0 cm³/mol. The van der Waals surface area contributed by atoms with Crippen molar-refractivity contribution < 1.29 is 35.8 Å². The quantitative estimate of drug-likeness (QED) is 0.785. The van der Waals surface area contributed by atoms with Crippen molar-refractivity contribution in [2.45, 2.75) is 12.4 Å². The van der Waals surface area contributed by atoms with Crippen LogP contribution in [0.1, 0.15) is 5.56 Å². The second kappa shape index (κ2) is 5.58. The second-order valence-electron chi connectivity index (χ2n) is 3.54. The Bertz CT molecular complexity index is 388. The van der Waals surface area contributed by atoms with Gasteiger partial charge in [0, 0.05) is 5.56 Å². The van der Waals surface area contributed by atoms with E-state index in [2.05, 4.69) is 16.4 Å². The molecule has 1 aromatic rings. The molecule has 0 atom stereocenters. The maximum Gasteiger partial charge on any atom is 0.422 e. The molecule has 0 fully saturated rings. The maximum atomic E-state index is 12.0. The Morgan fingerprint density at radius 3 is 1.53 bits per heavy atom. The first kappa shape index (κ1) is 15.5. The second-order valence-corrected chi connectivity index (χ2v) is 3.54. The van der Waals surface area contributed by atoms with Crippen LogP contribution < -0.4 is 9.47 Å². The van der Waals surface area contributed by atoms with Crippen molar-refractivity contribution in [3.63, 3.8) is 0 Å². The summed E-state index contributed by atoms with van der Waals surface area (Å²) >= 11 is 0. The van der Waals surface area contributed by atoms with E-state index in [1.165, 1.54) is 6.07 Å². The van der Waals surface area contributed by atoms with Crippen molar-refractivity contribution in [3.8, 4) is 11.5 Å². The van der Waals surface area contributed by atoms with E-state index in [4.69, 9.17) is 0 Å². The van der Waals surface area contributed by atoms with Crippen LogP contribution in [0.5, 0.6) is 11.5 Å². The Morgan fingerprint density at radius 2 is 1.21 bits per heavy atom. The van der Waals surface area contributed by atoms with Gasteiger partial charge in [0.1, 0.15) is 11.5 Å². The van der Waals surface area contributed by atoms with E-state index in [1.807, 2.05) is 0 Å². The lowest BCUT2D eigenvalue weighted by Crippen LogP contribution is -2.21. The molecule has 0 saturated carbocycles. The molecule has 1 aromatic carbocycles. The normalized spacial score (nSPS) is 12.4. The number of hydrogen-bond donors (Lipinski definition) is 0. The minimum atomic E-state index is -4.55. The molecule has 0 aromatic heterocycles. The first-order valence-corrected chi connectivity index (χ1v) is 4.92. The van der Waals surface area contributed by atoms with Crippen molar-refractivity contribution >= 4 is 0 Å². The van der Waals surface area contributed by atoms with Crippen LogP contribution in [0.15, 0.2) is 18.2 Å². The Labute approximate surface area is 104 Å². The molecule has 107 valence electrons. The first-order chi connectivity index (χ1) is 8.58. The molecule has 8 heteroatoms. The zero-order valence-electron chi connectivity index (χ0n) is 9.44. The molecule has 1 radical (unpaired) electrons. The third-order valence-corrected chi connectivity index (χ3v) is 1.87. The van der Waals surface area contributed by atoms with Crippen LogP contribution in [-0.4, -0.2) is 25.6 Å². The molecular weight excluding hydrogens is 278 g/mol. The molecule has 0 aliphatic carbocycles. The average molecular weight is 287 g/mol. The Balaban J connectivity index is 2.75. The summed E-state index contributed by atoms with van der Waals surface area (Å²) in [5.41, 5.74) is -0.170. The average Bonchev–Trinajstić information content (AvgIpc) is 2.23. The summed E-state index contributed by atoms with van der Waals surface area (Å²) < 4.78 is 80.6. The smallest absolute Gasteiger partial charge is 0.422 e. The van der Waals surface area contributed by atoms with E-state index in [1.54, 1.807) is 0 Å². The van der Waals surface area contributed by atoms with E-state index >= 15 is 0 Å². The molecule has 0 N–H and O–H groups in total. The van der Waals surface area contributed by atoms with Gasteiger partial charge in [-0.05, 0) is 19.1 Å². The third kappa shape index (κ3) is 5.71. The van der Waals surface area contributed by atoms with Crippen LogP contribution in [0.4, 0.5) is 26.3 Å². The highest BCUT2D eigenvalue weighted by molar-refractivity contribution is 5.46. The lowest BCUT2D eigenvalue weighted by molar-refractivity contribution is -0.154. The van der Waals surface area contributed by atoms with Crippen LogP contribution in [0.2, 0.25) is 0 Å². The molecule has 1 rings (SSSR count). The molecule has 2 nitrogen and oxygen atoms in total. The van der Waals surface area contributed by atoms with Crippen molar-refractivity contribution in [1.29, 1.82) is 0 Å². The molecule has 0 aliphatic heterocycles. The SMILES string of the molecule is [CH2]c1c(OCC(F)(F)F)cccc1OCC(F)(F)F. The van der Waals surface area contributed by atoms with E-state index in [9.17, 15) is 26.3 Å². The molecule has 19 heavy (non-hydrogen) atoms. The number of halogens is 6. The van der Waals surface area contributed by atoms with Crippen molar-refractivity contribution in [3.05, 3.63) is 30.7 Å². The van der Waals surface area contributed by atoms with Crippen LogP contribution in [0.3, 0.4) is 0 Å². The summed E-state index contributed by atoms with van der Waals surface area (Å²) in [7, 11) is 0. The van der Waals surface area contributed by atoms with Gasteiger partial charge >= 0.3 is 12.4 Å². The summed E-state index contributed by atoms with van der Waals surface area (Å²) in [5, 5.41) is 0. The van der Waals surface area contributed by atoms with Crippen molar-refractivity contribution in [1.82, 2.24) is 0 Å². The lowest BCUT2D eigenvalue weighted by atomic mass is 10.2. The topological polar surface area (TPSA) is 18.5 Å². The summed E-state index contributed by atoms with van der Waals surface area (Å²) in [4.78, 5) is 0. The van der Waals surface area contributed by atoms with Gasteiger partial charge in [-0.1, -0.05) is 6.07 Å². The zero-order chi connectivity index (χ0) is 14.7. The van der Waals surface area contributed by atoms with Crippen molar-refractivity contribution in [2.75, 3.05) is 13.2 Å². The van der Waals surface area contributed by atoms with E-state index < -0.39 is 25.6 Å². The zero-order valence-corrected chi connectivity index (χ0v) is 9.44. The van der Waals surface area contributed by atoms with E-state index in [0.29, 0.717) is 0 Å². The number of hydrogen-bond acceptors (Lipinski definition) is 2. The van der Waals surface area contributed by atoms with Gasteiger partial charge in [-0.3, -0.25) is 0 Å². The molecule has 0 saturated heterocycles. The fraction of sp³-hybridized carbons (Fsp3) is 0.364. The predicted octanol–water partition coefficient (Wildman–Crippen LogP) is 3.75. The first-order valence-electron chi connectivity index (χ1n) is 4.92. The third-order valence-electron chi connectivity index (χ3n) is 1.87. The van der Waals surface area contributed by atoms with Gasteiger partial charge in [0.25, 0.3) is 0 Å². The van der Waals surface area contributed by atoms with Gasteiger partial charge in [0.15, 0.2) is 13.2 Å². The lowest BCUT2D eigenvalue weighted by Gasteiger charge is -2.15. The molecule has 0 spiro atoms. The van der Waals surface area contributed by atoms with E-state index in [0.717, 1.165) is 12.1 Å². The minimum absolute atomic E-state index is 0.170. The highest BCUT2D eigenvalue weighted by atomic mass is 19.4. The van der Waals surface area contributed by atoms with Crippen molar-refractivity contribution in [2.24, 2.45) is 0 Å².